The molecular formula is C20H27ClN2O. The summed E-state index contributed by atoms with van der Waals surface area (Å²) in [4.78, 5) is 12.4. The zero-order valence-electron chi connectivity index (χ0n) is 14.4. The highest BCUT2D eigenvalue weighted by Crippen LogP contribution is 2.30. The van der Waals surface area contributed by atoms with Crippen LogP contribution < -0.4 is 11.1 Å². The third kappa shape index (κ3) is 4.59. The fraction of sp³-hybridized carbons (Fsp3) is 0.350. The van der Waals surface area contributed by atoms with Gasteiger partial charge in [-0.15, -0.1) is 12.4 Å². The lowest BCUT2D eigenvalue weighted by Gasteiger charge is -2.32. The maximum absolute atomic E-state index is 12.4. The first kappa shape index (κ1) is 20.2. The van der Waals surface area contributed by atoms with Crippen LogP contribution in [0.3, 0.4) is 0 Å². The zero-order valence-corrected chi connectivity index (χ0v) is 15.2. The summed E-state index contributed by atoms with van der Waals surface area (Å²) in [5.74, 6) is -0.0317. The summed E-state index contributed by atoms with van der Waals surface area (Å²) in [5.41, 5.74) is 8.56. The molecule has 3 nitrogen and oxygen atoms in total. The van der Waals surface area contributed by atoms with Crippen LogP contribution in [0.15, 0.2) is 54.6 Å². The fourth-order valence-corrected chi connectivity index (χ4v) is 2.95. The maximum Gasteiger partial charge on any atom is 0.251 e. The van der Waals surface area contributed by atoms with Gasteiger partial charge in [0.25, 0.3) is 5.91 Å². The van der Waals surface area contributed by atoms with E-state index in [1.54, 1.807) is 0 Å². The Morgan fingerprint density at radius 1 is 1.00 bits per heavy atom. The molecule has 0 unspecified atom stereocenters. The molecule has 0 aromatic heterocycles. The Kier molecular flexibility index (Phi) is 7.96. The molecule has 0 atom stereocenters. The molecule has 2 aromatic carbocycles. The van der Waals surface area contributed by atoms with Crippen LogP contribution in [0.4, 0.5) is 0 Å². The Morgan fingerprint density at radius 2 is 1.58 bits per heavy atom. The molecule has 0 radical (unpaired) electrons. The van der Waals surface area contributed by atoms with Gasteiger partial charge in [-0.2, -0.15) is 0 Å². The maximum atomic E-state index is 12.4. The second-order valence-electron chi connectivity index (χ2n) is 5.94. The molecule has 2 rings (SSSR count). The minimum absolute atomic E-state index is 0. The van der Waals surface area contributed by atoms with E-state index in [-0.39, 0.29) is 23.7 Å². The van der Waals surface area contributed by atoms with E-state index in [9.17, 15) is 4.79 Å². The van der Waals surface area contributed by atoms with E-state index >= 15 is 0 Å². The molecule has 2 aromatic rings. The van der Waals surface area contributed by atoms with Gasteiger partial charge in [0.2, 0.25) is 0 Å². The van der Waals surface area contributed by atoms with Crippen molar-refractivity contribution < 1.29 is 4.79 Å². The van der Waals surface area contributed by atoms with Gasteiger partial charge in [0.1, 0.15) is 0 Å². The Hall–Kier alpha value is -1.84. The summed E-state index contributed by atoms with van der Waals surface area (Å²) < 4.78 is 0. The number of carbonyl (C=O) groups is 1. The number of nitrogens with two attached hydrogens (primary N) is 1. The molecule has 0 spiro atoms. The number of halogens is 1. The van der Waals surface area contributed by atoms with Crippen LogP contribution >= 0.6 is 12.4 Å². The molecule has 0 saturated heterocycles. The quantitative estimate of drug-likeness (QED) is 0.794. The van der Waals surface area contributed by atoms with Crippen molar-refractivity contribution in [2.75, 3.05) is 6.54 Å². The Labute approximate surface area is 151 Å². The van der Waals surface area contributed by atoms with Crippen molar-refractivity contribution in [3.05, 3.63) is 71.3 Å². The molecule has 0 aliphatic rings. The topological polar surface area (TPSA) is 55.1 Å². The Morgan fingerprint density at radius 3 is 2.08 bits per heavy atom. The van der Waals surface area contributed by atoms with E-state index in [1.165, 1.54) is 5.56 Å². The lowest BCUT2D eigenvalue weighted by Crippen LogP contribution is -2.40. The molecule has 0 fully saturated rings. The van der Waals surface area contributed by atoms with Crippen molar-refractivity contribution >= 4 is 18.3 Å². The fourth-order valence-electron chi connectivity index (χ4n) is 2.95. The average Bonchev–Trinajstić information content (AvgIpc) is 2.63. The zero-order chi connectivity index (χ0) is 16.7. The van der Waals surface area contributed by atoms with E-state index in [4.69, 9.17) is 5.73 Å². The van der Waals surface area contributed by atoms with E-state index in [0.29, 0.717) is 18.7 Å². The van der Waals surface area contributed by atoms with Gasteiger partial charge in [-0.1, -0.05) is 56.3 Å². The van der Waals surface area contributed by atoms with Gasteiger partial charge in [0, 0.05) is 24.1 Å². The summed E-state index contributed by atoms with van der Waals surface area (Å²) in [5, 5.41) is 3.11. The first-order valence-electron chi connectivity index (χ1n) is 8.28. The lowest BCUT2D eigenvalue weighted by atomic mass is 9.76. The van der Waals surface area contributed by atoms with Gasteiger partial charge in [-0.3, -0.25) is 4.79 Å². The van der Waals surface area contributed by atoms with Crippen molar-refractivity contribution in [1.82, 2.24) is 5.32 Å². The highest BCUT2D eigenvalue weighted by molar-refractivity contribution is 5.94. The summed E-state index contributed by atoms with van der Waals surface area (Å²) in [6, 6.07) is 17.9. The number of amides is 1. The molecule has 1 amide bonds. The SMILES string of the molecule is CCC(CC)(CNC(=O)c1ccc(CN)cc1)c1ccccc1.Cl. The van der Waals surface area contributed by atoms with E-state index in [2.05, 4.69) is 43.4 Å². The summed E-state index contributed by atoms with van der Waals surface area (Å²) in [7, 11) is 0. The number of hydrogen-bond acceptors (Lipinski definition) is 2. The Bertz CT molecular complexity index is 622. The number of nitrogens with one attached hydrogen (secondary N) is 1. The van der Waals surface area contributed by atoms with Gasteiger partial charge >= 0.3 is 0 Å². The molecule has 0 saturated carbocycles. The standard InChI is InChI=1S/C20H26N2O.ClH/c1-3-20(4-2,18-8-6-5-7-9-18)15-22-19(23)17-12-10-16(14-21)11-13-17;/h5-13H,3-4,14-15,21H2,1-2H3,(H,22,23);1H. The van der Waals surface area contributed by atoms with Gasteiger partial charge in [0.15, 0.2) is 0 Å². The molecular weight excluding hydrogens is 320 g/mol. The highest BCUT2D eigenvalue weighted by atomic mass is 35.5. The van der Waals surface area contributed by atoms with Crippen LogP contribution in [-0.4, -0.2) is 12.5 Å². The van der Waals surface area contributed by atoms with Crippen LogP contribution in [0, 0.1) is 0 Å². The molecule has 3 N–H and O–H groups in total. The second kappa shape index (κ2) is 9.45. The minimum Gasteiger partial charge on any atom is -0.351 e. The highest BCUT2D eigenvalue weighted by Gasteiger charge is 2.28. The third-order valence-electron chi connectivity index (χ3n) is 4.78. The molecule has 130 valence electrons. The van der Waals surface area contributed by atoms with Crippen LogP contribution in [0.5, 0.6) is 0 Å². The number of carbonyl (C=O) groups excluding carboxylic acids is 1. The van der Waals surface area contributed by atoms with Crippen LogP contribution in [0.2, 0.25) is 0 Å². The van der Waals surface area contributed by atoms with Crippen molar-refractivity contribution in [1.29, 1.82) is 0 Å². The van der Waals surface area contributed by atoms with E-state index in [1.807, 2.05) is 30.3 Å². The molecule has 4 heteroatoms. The first-order chi connectivity index (χ1) is 11.1. The smallest absolute Gasteiger partial charge is 0.251 e. The molecule has 0 aliphatic carbocycles. The predicted molar refractivity (Wildman–Crippen MR) is 103 cm³/mol. The van der Waals surface area contributed by atoms with Crippen LogP contribution in [-0.2, 0) is 12.0 Å². The molecule has 0 aliphatic heterocycles. The Balaban J connectivity index is 0.00000288. The number of hydrogen-bond donors (Lipinski definition) is 2. The third-order valence-corrected chi connectivity index (χ3v) is 4.78. The lowest BCUT2D eigenvalue weighted by molar-refractivity contribution is 0.0941. The first-order valence-corrected chi connectivity index (χ1v) is 8.28. The summed E-state index contributed by atoms with van der Waals surface area (Å²) >= 11 is 0. The second-order valence-corrected chi connectivity index (χ2v) is 5.94. The molecule has 0 heterocycles. The summed E-state index contributed by atoms with van der Waals surface area (Å²) in [6.07, 6.45) is 1.97. The normalized spacial score (nSPS) is 10.8. The van der Waals surface area contributed by atoms with Gasteiger partial charge in [-0.05, 0) is 36.1 Å². The van der Waals surface area contributed by atoms with Crippen molar-refractivity contribution in [3.63, 3.8) is 0 Å². The van der Waals surface area contributed by atoms with Crippen molar-refractivity contribution in [2.24, 2.45) is 5.73 Å². The monoisotopic (exact) mass is 346 g/mol. The predicted octanol–water partition coefficient (Wildman–Crippen LogP) is 4.05. The van der Waals surface area contributed by atoms with Gasteiger partial charge < -0.3 is 11.1 Å². The van der Waals surface area contributed by atoms with Crippen molar-refractivity contribution in [3.8, 4) is 0 Å². The molecule has 0 bridgehead atoms. The number of benzene rings is 2. The number of rotatable bonds is 7. The van der Waals surface area contributed by atoms with Crippen LogP contribution in [0.1, 0.15) is 48.2 Å². The van der Waals surface area contributed by atoms with Crippen molar-refractivity contribution in [2.45, 2.75) is 38.6 Å². The minimum atomic E-state index is -0.0317. The molecule has 24 heavy (non-hydrogen) atoms. The largest absolute Gasteiger partial charge is 0.351 e. The summed E-state index contributed by atoms with van der Waals surface area (Å²) in [6.45, 7) is 5.49. The van der Waals surface area contributed by atoms with Gasteiger partial charge in [-0.25, -0.2) is 0 Å². The van der Waals surface area contributed by atoms with Gasteiger partial charge in [0.05, 0.1) is 0 Å². The average molecular weight is 347 g/mol. The van der Waals surface area contributed by atoms with E-state index in [0.717, 1.165) is 18.4 Å². The van der Waals surface area contributed by atoms with E-state index < -0.39 is 0 Å². The van der Waals surface area contributed by atoms with Crippen LogP contribution in [0.25, 0.3) is 0 Å².